The number of hydrogen-bond donors (Lipinski definition) is 4. The van der Waals surface area contributed by atoms with Crippen LogP contribution in [0, 0.1) is 3.57 Å². The second-order valence-corrected chi connectivity index (χ2v) is 8.36. The van der Waals surface area contributed by atoms with Gasteiger partial charge in [-0.1, -0.05) is 12.1 Å². The first-order valence-corrected chi connectivity index (χ1v) is 10.5. The highest BCUT2D eigenvalue weighted by Crippen LogP contribution is 2.33. The number of anilines is 1. The van der Waals surface area contributed by atoms with Crippen molar-refractivity contribution >= 4 is 45.5 Å². The highest BCUT2D eigenvalue weighted by Gasteiger charge is 2.48. The first-order chi connectivity index (χ1) is 14.8. The van der Waals surface area contributed by atoms with Crippen LogP contribution in [0.1, 0.15) is 18.7 Å². The molecule has 164 valence electrons. The molecular formula is C19H21IN6O5. The fourth-order valence-corrected chi connectivity index (χ4v) is 4.06. The van der Waals surface area contributed by atoms with Gasteiger partial charge < -0.3 is 30.7 Å². The lowest BCUT2D eigenvalue weighted by Gasteiger charge is -2.26. The topological polar surface area (TPSA) is 158 Å². The third-order valence-electron chi connectivity index (χ3n) is 4.90. The van der Waals surface area contributed by atoms with E-state index < -0.39 is 30.8 Å². The number of carbonyl (C=O) groups excluding carboxylic acids is 1. The van der Waals surface area contributed by atoms with Crippen LogP contribution < -0.4 is 11.1 Å². The summed E-state index contributed by atoms with van der Waals surface area (Å²) in [5.41, 5.74) is 7.41. The summed E-state index contributed by atoms with van der Waals surface area (Å²) >= 11 is 2.19. The van der Waals surface area contributed by atoms with Crippen molar-refractivity contribution in [3.63, 3.8) is 0 Å². The number of rotatable bonds is 6. The lowest BCUT2D eigenvalue weighted by atomic mass is 10.1. The molecule has 11 nitrogen and oxygen atoms in total. The van der Waals surface area contributed by atoms with Gasteiger partial charge in [-0.15, -0.1) is 0 Å². The van der Waals surface area contributed by atoms with Crippen LogP contribution in [0.5, 0.6) is 0 Å². The van der Waals surface area contributed by atoms with Crippen LogP contribution in [0.4, 0.5) is 5.82 Å². The lowest BCUT2D eigenvalue weighted by molar-refractivity contribution is -0.142. The summed E-state index contributed by atoms with van der Waals surface area (Å²) < 4.78 is 14.3. The number of aromatic nitrogens is 4. The average Bonchev–Trinajstić information content (AvgIpc) is 3.28. The lowest BCUT2D eigenvalue weighted by Crippen LogP contribution is -2.49. The van der Waals surface area contributed by atoms with Crippen LogP contribution >= 0.6 is 22.6 Å². The van der Waals surface area contributed by atoms with E-state index in [2.05, 4.69) is 42.9 Å². The summed E-state index contributed by atoms with van der Waals surface area (Å²) in [7, 11) is 0. The minimum Gasteiger partial charge on any atom is -0.387 e. The number of nitrogens with two attached hydrogens (primary N) is 1. The number of amides is 1. The van der Waals surface area contributed by atoms with E-state index in [0.29, 0.717) is 11.2 Å². The second-order valence-electron chi connectivity index (χ2n) is 7.12. The predicted octanol–water partition coefficient (Wildman–Crippen LogP) is 0.311. The molecule has 1 amide bonds. The highest BCUT2D eigenvalue weighted by molar-refractivity contribution is 14.1. The van der Waals surface area contributed by atoms with Crippen molar-refractivity contribution in [1.82, 2.24) is 24.8 Å². The zero-order valence-corrected chi connectivity index (χ0v) is 18.6. The maximum atomic E-state index is 11.7. The monoisotopic (exact) mass is 540 g/mol. The van der Waals surface area contributed by atoms with Crippen molar-refractivity contribution < 1.29 is 24.5 Å². The molecular weight excluding hydrogens is 519 g/mol. The molecule has 0 bridgehead atoms. The zero-order chi connectivity index (χ0) is 22.1. The first kappa shape index (κ1) is 21.8. The average molecular weight is 540 g/mol. The van der Waals surface area contributed by atoms with E-state index in [9.17, 15) is 15.0 Å². The van der Waals surface area contributed by atoms with Crippen molar-refractivity contribution in [3.05, 3.63) is 46.1 Å². The third-order valence-corrected chi connectivity index (χ3v) is 5.57. The van der Waals surface area contributed by atoms with Gasteiger partial charge in [0.05, 0.1) is 12.9 Å². The molecule has 2 aromatic heterocycles. The molecule has 1 unspecified atom stereocenters. The van der Waals surface area contributed by atoms with Crippen molar-refractivity contribution in [2.75, 3.05) is 5.73 Å². The number of nitrogen functional groups attached to an aromatic ring is 1. The summed E-state index contributed by atoms with van der Waals surface area (Å²) in [6, 6.07) is 7.67. The minimum absolute atomic E-state index is 0.174. The number of imidazole rings is 1. The number of ether oxygens (including phenoxy) is 2. The maximum Gasteiger partial charge on any atom is 0.218 e. The van der Waals surface area contributed by atoms with E-state index in [1.165, 1.54) is 24.1 Å². The van der Waals surface area contributed by atoms with Crippen LogP contribution in [0.2, 0.25) is 0 Å². The van der Waals surface area contributed by atoms with Gasteiger partial charge in [0.2, 0.25) is 5.91 Å². The Balaban J connectivity index is 1.57. The number of halogens is 1. The first-order valence-electron chi connectivity index (χ1n) is 9.43. The Hall–Kier alpha value is -2.39. The van der Waals surface area contributed by atoms with Gasteiger partial charge in [-0.3, -0.25) is 9.36 Å². The maximum absolute atomic E-state index is 11.7. The fourth-order valence-electron chi connectivity index (χ4n) is 3.45. The number of fused-ring (bicyclic) bond motifs is 1. The van der Waals surface area contributed by atoms with E-state index in [1.54, 1.807) is 0 Å². The Morgan fingerprint density at radius 1 is 1.35 bits per heavy atom. The highest BCUT2D eigenvalue weighted by atomic mass is 127. The van der Waals surface area contributed by atoms with Crippen LogP contribution in [-0.2, 0) is 20.9 Å². The number of nitrogens with one attached hydrogen (secondary N) is 1. The summed E-state index contributed by atoms with van der Waals surface area (Å²) in [5, 5.41) is 24.0. The van der Waals surface area contributed by atoms with E-state index in [1.807, 2.05) is 24.3 Å². The second kappa shape index (κ2) is 9.00. The molecule has 0 saturated carbocycles. The Kier molecular flexibility index (Phi) is 6.34. The van der Waals surface area contributed by atoms with E-state index in [-0.39, 0.29) is 18.3 Å². The summed E-state index contributed by atoms with van der Waals surface area (Å²) in [6.45, 7) is 1.51. The van der Waals surface area contributed by atoms with E-state index >= 15 is 0 Å². The Morgan fingerprint density at radius 3 is 2.90 bits per heavy atom. The number of carbonyl (C=O) groups is 1. The molecule has 1 aromatic carbocycles. The molecule has 1 aliphatic heterocycles. The zero-order valence-electron chi connectivity index (χ0n) is 16.4. The summed E-state index contributed by atoms with van der Waals surface area (Å²) in [4.78, 5) is 23.9. The standard InChI is InChI=1S/C19H21IN6O5/c1-9(27)25-18(30-6-10-3-2-4-11(20)5-10)15-13(28)14(29)19(31-15)26-8-24-12-16(21)22-7-23-17(12)26/h2-5,7-8,13-15,18-19,28-29H,6H2,1H3,(H,25,27)(H2,21,22,23)/t13-,14+,15-,18?,19+/m0/s1. The Labute approximate surface area is 190 Å². The van der Waals surface area contributed by atoms with Gasteiger partial charge in [-0.05, 0) is 40.3 Å². The molecule has 5 atom stereocenters. The van der Waals surface area contributed by atoms with Gasteiger partial charge in [-0.2, -0.15) is 0 Å². The van der Waals surface area contributed by atoms with Crippen LogP contribution in [0.3, 0.4) is 0 Å². The quantitative estimate of drug-likeness (QED) is 0.255. The molecule has 31 heavy (non-hydrogen) atoms. The fraction of sp³-hybridized carbons (Fsp3) is 0.368. The molecule has 1 aliphatic rings. The SMILES string of the molecule is CC(=O)NC(OCc1cccc(I)c1)[C@H]1O[C@@H](n2cnc3c(N)ncnc32)[C@H](O)[C@@H]1O. The van der Waals surface area contributed by atoms with Gasteiger partial charge in [0, 0.05) is 10.5 Å². The Bertz CT molecular complexity index is 1090. The molecule has 4 rings (SSSR count). The smallest absolute Gasteiger partial charge is 0.218 e. The number of hydrogen-bond acceptors (Lipinski definition) is 9. The van der Waals surface area contributed by atoms with Crippen LogP contribution in [0.15, 0.2) is 36.9 Å². The predicted molar refractivity (Wildman–Crippen MR) is 117 cm³/mol. The van der Waals surface area contributed by atoms with Gasteiger partial charge in [0.25, 0.3) is 0 Å². The molecule has 0 spiro atoms. The molecule has 1 fully saturated rings. The molecule has 1 saturated heterocycles. The molecule has 0 radical (unpaired) electrons. The number of aliphatic hydroxyl groups is 2. The summed E-state index contributed by atoms with van der Waals surface area (Å²) in [5.74, 6) is -0.180. The number of nitrogens with zero attached hydrogens (tertiary/aromatic N) is 4. The van der Waals surface area contributed by atoms with Crippen molar-refractivity contribution in [1.29, 1.82) is 0 Å². The normalized spacial score (nSPS) is 24.4. The van der Waals surface area contributed by atoms with E-state index in [0.717, 1.165) is 9.13 Å². The van der Waals surface area contributed by atoms with Crippen LogP contribution in [0.25, 0.3) is 11.2 Å². The van der Waals surface area contributed by atoms with Gasteiger partial charge in [-0.25, -0.2) is 15.0 Å². The molecule has 0 aliphatic carbocycles. The van der Waals surface area contributed by atoms with Gasteiger partial charge in [0.1, 0.15) is 30.2 Å². The van der Waals surface area contributed by atoms with Crippen molar-refractivity contribution in [2.45, 2.75) is 44.3 Å². The van der Waals surface area contributed by atoms with Crippen LogP contribution in [-0.4, -0.2) is 60.2 Å². The number of aliphatic hydroxyl groups excluding tert-OH is 2. The molecule has 3 aromatic rings. The molecule has 12 heteroatoms. The third kappa shape index (κ3) is 4.48. The number of benzene rings is 1. The minimum atomic E-state index is -1.34. The van der Waals surface area contributed by atoms with Crippen molar-refractivity contribution in [3.8, 4) is 0 Å². The van der Waals surface area contributed by atoms with Crippen molar-refractivity contribution in [2.24, 2.45) is 0 Å². The summed E-state index contributed by atoms with van der Waals surface area (Å²) in [6.07, 6.45) is -3.04. The largest absolute Gasteiger partial charge is 0.387 e. The van der Waals surface area contributed by atoms with Gasteiger partial charge in [0.15, 0.2) is 23.9 Å². The van der Waals surface area contributed by atoms with E-state index in [4.69, 9.17) is 15.2 Å². The van der Waals surface area contributed by atoms with Gasteiger partial charge >= 0.3 is 0 Å². The molecule has 5 N–H and O–H groups in total. The Morgan fingerprint density at radius 2 is 2.16 bits per heavy atom. The molecule has 3 heterocycles.